The molecule has 4 nitrogen and oxygen atoms in total. The van der Waals surface area contributed by atoms with Gasteiger partial charge in [0, 0.05) is 11.2 Å². The summed E-state index contributed by atoms with van der Waals surface area (Å²) in [6.07, 6.45) is 3.01. The monoisotopic (exact) mass is 248 g/mol. The number of rotatable bonds is 5. The van der Waals surface area contributed by atoms with E-state index in [1.54, 1.807) is 0 Å². The van der Waals surface area contributed by atoms with Crippen LogP contribution in [0.25, 0.3) is 0 Å². The Balaban J connectivity index is 1.82. The van der Waals surface area contributed by atoms with E-state index in [1.807, 2.05) is 31.2 Å². The number of carbonyl (C=O) groups excluding carboxylic acids is 1. The van der Waals surface area contributed by atoms with Crippen LogP contribution < -0.4 is 10.6 Å². The maximum absolute atomic E-state index is 11.8. The standard InChI is InChI=1S/C14H20N2O2/c1-11-4-2-5-12(8-11)16-13(18)9-15-14(10-17)6-3-7-14/h2,4-5,8,15,17H,3,6-7,9-10H2,1H3,(H,16,18). The van der Waals surface area contributed by atoms with Crippen molar-refractivity contribution >= 4 is 11.6 Å². The quantitative estimate of drug-likeness (QED) is 0.739. The highest BCUT2D eigenvalue weighted by Gasteiger charge is 2.35. The van der Waals surface area contributed by atoms with Gasteiger partial charge in [0.1, 0.15) is 0 Å². The van der Waals surface area contributed by atoms with E-state index < -0.39 is 0 Å². The third kappa shape index (κ3) is 3.09. The minimum Gasteiger partial charge on any atom is -0.394 e. The molecule has 0 heterocycles. The summed E-state index contributed by atoms with van der Waals surface area (Å²) in [6.45, 7) is 2.34. The predicted molar refractivity (Wildman–Crippen MR) is 71.5 cm³/mol. The Morgan fingerprint density at radius 3 is 2.78 bits per heavy atom. The van der Waals surface area contributed by atoms with Gasteiger partial charge in [0.15, 0.2) is 0 Å². The molecule has 1 aliphatic carbocycles. The molecule has 0 atom stereocenters. The lowest BCUT2D eigenvalue weighted by molar-refractivity contribution is -0.116. The lowest BCUT2D eigenvalue weighted by Crippen LogP contribution is -2.55. The average molecular weight is 248 g/mol. The minimum absolute atomic E-state index is 0.0691. The largest absolute Gasteiger partial charge is 0.394 e. The van der Waals surface area contributed by atoms with Gasteiger partial charge in [-0.05, 0) is 43.9 Å². The van der Waals surface area contributed by atoms with Crippen molar-refractivity contribution in [1.82, 2.24) is 5.32 Å². The van der Waals surface area contributed by atoms with E-state index in [-0.39, 0.29) is 24.6 Å². The van der Waals surface area contributed by atoms with Crippen LogP contribution in [0.2, 0.25) is 0 Å². The molecule has 1 aromatic rings. The van der Waals surface area contributed by atoms with E-state index in [0.717, 1.165) is 30.5 Å². The van der Waals surface area contributed by atoms with Crippen molar-refractivity contribution in [1.29, 1.82) is 0 Å². The molecule has 4 heteroatoms. The molecular formula is C14H20N2O2. The van der Waals surface area contributed by atoms with Crippen molar-refractivity contribution in [2.24, 2.45) is 0 Å². The molecule has 1 fully saturated rings. The lowest BCUT2D eigenvalue weighted by atomic mass is 9.77. The maximum Gasteiger partial charge on any atom is 0.238 e. The van der Waals surface area contributed by atoms with Crippen LogP contribution in [0.5, 0.6) is 0 Å². The van der Waals surface area contributed by atoms with Crippen LogP contribution in [0.3, 0.4) is 0 Å². The van der Waals surface area contributed by atoms with E-state index in [1.165, 1.54) is 0 Å². The molecule has 0 bridgehead atoms. The van der Waals surface area contributed by atoms with E-state index in [2.05, 4.69) is 10.6 Å². The summed E-state index contributed by atoms with van der Waals surface area (Å²) in [5.74, 6) is -0.0691. The molecule has 1 saturated carbocycles. The summed E-state index contributed by atoms with van der Waals surface area (Å²) in [4.78, 5) is 11.8. The highest BCUT2D eigenvalue weighted by atomic mass is 16.3. The minimum atomic E-state index is -0.218. The van der Waals surface area contributed by atoms with Crippen molar-refractivity contribution in [3.05, 3.63) is 29.8 Å². The fraction of sp³-hybridized carbons (Fsp3) is 0.500. The molecule has 2 rings (SSSR count). The van der Waals surface area contributed by atoms with Gasteiger partial charge in [0.05, 0.1) is 13.2 Å². The second kappa shape index (κ2) is 5.50. The molecule has 3 N–H and O–H groups in total. The second-order valence-electron chi connectivity index (χ2n) is 5.06. The van der Waals surface area contributed by atoms with Gasteiger partial charge in [-0.2, -0.15) is 0 Å². The van der Waals surface area contributed by atoms with Crippen LogP contribution in [0, 0.1) is 6.92 Å². The van der Waals surface area contributed by atoms with Gasteiger partial charge in [0.2, 0.25) is 5.91 Å². The zero-order valence-electron chi connectivity index (χ0n) is 10.7. The third-order valence-electron chi connectivity index (χ3n) is 3.54. The molecule has 0 spiro atoms. The summed E-state index contributed by atoms with van der Waals surface area (Å²) in [5.41, 5.74) is 1.71. The van der Waals surface area contributed by atoms with Crippen LogP contribution in [0.4, 0.5) is 5.69 Å². The second-order valence-corrected chi connectivity index (χ2v) is 5.06. The Morgan fingerprint density at radius 2 is 2.22 bits per heavy atom. The van der Waals surface area contributed by atoms with Crippen LogP contribution in [-0.4, -0.2) is 29.7 Å². The van der Waals surface area contributed by atoms with Crippen LogP contribution in [-0.2, 0) is 4.79 Å². The maximum atomic E-state index is 11.8. The number of aryl methyl sites for hydroxylation is 1. The zero-order chi connectivity index (χ0) is 13.0. The first-order valence-electron chi connectivity index (χ1n) is 6.36. The topological polar surface area (TPSA) is 61.4 Å². The predicted octanol–water partition coefficient (Wildman–Crippen LogP) is 1.44. The number of benzene rings is 1. The fourth-order valence-electron chi connectivity index (χ4n) is 2.19. The molecule has 0 unspecified atom stereocenters. The number of aliphatic hydroxyl groups excluding tert-OH is 1. The van der Waals surface area contributed by atoms with E-state index in [4.69, 9.17) is 0 Å². The molecule has 0 radical (unpaired) electrons. The van der Waals surface area contributed by atoms with Crippen LogP contribution in [0.15, 0.2) is 24.3 Å². The number of hydrogen-bond donors (Lipinski definition) is 3. The van der Waals surface area contributed by atoms with Crippen molar-refractivity contribution in [3.63, 3.8) is 0 Å². The van der Waals surface area contributed by atoms with Crippen molar-refractivity contribution < 1.29 is 9.90 Å². The normalized spacial score (nSPS) is 17.0. The molecule has 0 saturated heterocycles. The molecule has 1 amide bonds. The summed E-state index contributed by atoms with van der Waals surface area (Å²) in [7, 11) is 0. The summed E-state index contributed by atoms with van der Waals surface area (Å²) < 4.78 is 0. The molecule has 18 heavy (non-hydrogen) atoms. The van der Waals surface area contributed by atoms with Gasteiger partial charge >= 0.3 is 0 Å². The first kappa shape index (κ1) is 13.1. The van der Waals surface area contributed by atoms with Gasteiger partial charge < -0.3 is 15.7 Å². The zero-order valence-corrected chi connectivity index (χ0v) is 10.7. The first-order valence-corrected chi connectivity index (χ1v) is 6.36. The summed E-state index contributed by atoms with van der Waals surface area (Å²) in [6, 6.07) is 7.71. The average Bonchev–Trinajstić information content (AvgIpc) is 2.28. The number of anilines is 1. The van der Waals surface area contributed by atoms with Gasteiger partial charge in [-0.3, -0.25) is 4.79 Å². The fourth-order valence-corrected chi connectivity index (χ4v) is 2.19. The third-order valence-corrected chi connectivity index (χ3v) is 3.54. The molecule has 0 aliphatic heterocycles. The van der Waals surface area contributed by atoms with Gasteiger partial charge in [-0.25, -0.2) is 0 Å². The molecule has 98 valence electrons. The number of nitrogens with one attached hydrogen (secondary N) is 2. The van der Waals surface area contributed by atoms with Gasteiger partial charge in [0.25, 0.3) is 0 Å². The lowest BCUT2D eigenvalue weighted by Gasteiger charge is -2.41. The van der Waals surface area contributed by atoms with Gasteiger partial charge in [-0.1, -0.05) is 12.1 Å². The molecule has 1 aliphatic rings. The van der Waals surface area contributed by atoms with Crippen molar-refractivity contribution in [3.8, 4) is 0 Å². The summed E-state index contributed by atoms with van der Waals surface area (Å²) >= 11 is 0. The summed E-state index contributed by atoms with van der Waals surface area (Å²) in [5, 5.41) is 15.3. The highest BCUT2D eigenvalue weighted by Crippen LogP contribution is 2.30. The van der Waals surface area contributed by atoms with Crippen molar-refractivity contribution in [2.45, 2.75) is 31.7 Å². The van der Waals surface area contributed by atoms with E-state index in [0.29, 0.717) is 0 Å². The number of amides is 1. The molecule has 0 aromatic heterocycles. The van der Waals surface area contributed by atoms with Crippen LogP contribution in [0.1, 0.15) is 24.8 Å². The SMILES string of the molecule is Cc1cccc(NC(=O)CNC2(CO)CCC2)c1. The number of hydrogen-bond acceptors (Lipinski definition) is 3. The Bertz CT molecular complexity index is 422. The molecular weight excluding hydrogens is 228 g/mol. The Labute approximate surface area is 107 Å². The Hall–Kier alpha value is -1.39. The Kier molecular flexibility index (Phi) is 3.99. The first-order chi connectivity index (χ1) is 8.63. The Morgan fingerprint density at radius 1 is 1.44 bits per heavy atom. The van der Waals surface area contributed by atoms with Crippen molar-refractivity contribution in [2.75, 3.05) is 18.5 Å². The molecule has 1 aromatic carbocycles. The highest BCUT2D eigenvalue weighted by molar-refractivity contribution is 5.92. The van der Waals surface area contributed by atoms with Crippen LogP contribution >= 0.6 is 0 Å². The number of carbonyl (C=O) groups is 1. The number of aliphatic hydroxyl groups is 1. The van der Waals surface area contributed by atoms with E-state index >= 15 is 0 Å². The van der Waals surface area contributed by atoms with E-state index in [9.17, 15) is 9.90 Å². The van der Waals surface area contributed by atoms with Gasteiger partial charge in [-0.15, -0.1) is 0 Å². The smallest absolute Gasteiger partial charge is 0.238 e.